The van der Waals surface area contributed by atoms with E-state index in [1.165, 1.54) is 0 Å². The summed E-state index contributed by atoms with van der Waals surface area (Å²) < 4.78 is 7.18. The zero-order valence-corrected chi connectivity index (χ0v) is 11.2. The van der Waals surface area contributed by atoms with Crippen LogP contribution in [0.5, 0.6) is 0 Å². The number of aromatic nitrogens is 2. The number of carbonyl (C=O) groups excluding carboxylic acids is 1. The molecule has 1 amide bonds. The van der Waals surface area contributed by atoms with Crippen molar-refractivity contribution in [1.82, 2.24) is 19.8 Å². The standard InChI is InChI=1S/C13H20N4O2/c1-3-8-19-10-12(18)17-7-4-14-9-11(17)13-15-5-6-16(13)2/h3,5-6,11,14H,1,4,7-10H2,2H3. The Balaban J connectivity index is 2.05. The van der Waals surface area contributed by atoms with E-state index in [9.17, 15) is 4.79 Å². The highest BCUT2D eigenvalue weighted by atomic mass is 16.5. The summed E-state index contributed by atoms with van der Waals surface area (Å²) in [5.74, 6) is 0.889. The molecule has 0 saturated carbocycles. The molecule has 6 heteroatoms. The van der Waals surface area contributed by atoms with Crippen LogP contribution in [-0.2, 0) is 16.6 Å². The van der Waals surface area contributed by atoms with Crippen LogP contribution in [0.25, 0.3) is 0 Å². The summed E-state index contributed by atoms with van der Waals surface area (Å²) in [5, 5.41) is 3.30. The van der Waals surface area contributed by atoms with Gasteiger partial charge in [-0.1, -0.05) is 6.08 Å². The first-order valence-electron chi connectivity index (χ1n) is 6.40. The monoisotopic (exact) mass is 264 g/mol. The molecule has 1 aromatic heterocycles. The summed E-state index contributed by atoms with van der Waals surface area (Å²) in [6.07, 6.45) is 5.28. The van der Waals surface area contributed by atoms with Crippen LogP contribution in [0.4, 0.5) is 0 Å². The van der Waals surface area contributed by atoms with Crippen LogP contribution in [0.1, 0.15) is 11.9 Å². The fraction of sp³-hybridized carbons (Fsp3) is 0.538. The van der Waals surface area contributed by atoms with Crippen molar-refractivity contribution >= 4 is 5.91 Å². The Labute approximate surface area is 113 Å². The molecule has 1 aliphatic rings. The average Bonchev–Trinajstić information content (AvgIpc) is 2.85. The Morgan fingerprint density at radius 3 is 3.26 bits per heavy atom. The van der Waals surface area contributed by atoms with Crippen molar-refractivity contribution in [3.8, 4) is 0 Å². The van der Waals surface area contributed by atoms with Crippen molar-refractivity contribution < 1.29 is 9.53 Å². The Morgan fingerprint density at radius 1 is 1.74 bits per heavy atom. The second-order valence-electron chi connectivity index (χ2n) is 4.51. The van der Waals surface area contributed by atoms with E-state index < -0.39 is 0 Å². The molecule has 2 heterocycles. The second kappa shape index (κ2) is 6.49. The fourth-order valence-corrected chi connectivity index (χ4v) is 2.24. The molecule has 1 fully saturated rings. The van der Waals surface area contributed by atoms with Gasteiger partial charge in [-0.2, -0.15) is 0 Å². The largest absolute Gasteiger partial charge is 0.368 e. The molecule has 1 saturated heterocycles. The second-order valence-corrected chi connectivity index (χ2v) is 4.51. The molecule has 0 radical (unpaired) electrons. The zero-order valence-electron chi connectivity index (χ0n) is 11.2. The van der Waals surface area contributed by atoms with Crippen molar-refractivity contribution in [2.75, 3.05) is 32.8 Å². The van der Waals surface area contributed by atoms with Gasteiger partial charge in [-0.3, -0.25) is 4.79 Å². The number of imidazole rings is 1. The number of aryl methyl sites for hydroxylation is 1. The normalized spacial score (nSPS) is 19.4. The van der Waals surface area contributed by atoms with Gasteiger partial charge in [0.05, 0.1) is 6.61 Å². The highest BCUT2D eigenvalue weighted by Crippen LogP contribution is 2.20. The lowest BCUT2D eigenvalue weighted by Crippen LogP contribution is -2.50. The molecular formula is C13H20N4O2. The highest BCUT2D eigenvalue weighted by Gasteiger charge is 2.30. The SMILES string of the molecule is C=CCOCC(=O)N1CCNCC1c1nccn1C. The van der Waals surface area contributed by atoms with E-state index in [2.05, 4.69) is 16.9 Å². The molecule has 0 bridgehead atoms. The smallest absolute Gasteiger partial charge is 0.249 e. The van der Waals surface area contributed by atoms with Crippen LogP contribution in [-0.4, -0.2) is 53.2 Å². The first-order valence-corrected chi connectivity index (χ1v) is 6.40. The number of nitrogens with one attached hydrogen (secondary N) is 1. The Kier molecular flexibility index (Phi) is 4.70. The Morgan fingerprint density at radius 2 is 2.58 bits per heavy atom. The highest BCUT2D eigenvalue weighted by molar-refractivity contribution is 5.78. The molecule has 0 aromatic carbocycles. The minimum absolute atomic E-state index is 0.00338. The van der Waals surface area contributed by atoms with Crippen LogP contribution in [0.15, 0.2) is 25.0 Å². The summed E-state index contributed by atoms with van der Waals surface area (Å²) in [6, 6.07) is -0.0337. The fourth-order valence-electron chi connectivity index (χ4n) is 2.24. The van der Waals surface area contributed by atoms with Crippen LogP contribution in [0.2, 0.25) is 0 Å². The molecule has 1 unspecified atom stereocenters. The summed E-state index contributed by atoms with van der Waals surface area (Å²) in [7, 11) is 1.94. The minimum Gasteiger partial charge on any atom is -0.368 e. The van der Waals surface area contributed by atoms with Gasteiger partial charge in [0.1, 0.15) is 18.5 Å². The maximum atomic E-state index is 12.2. The van der Waals surface area contributed by atoms with Gasteiger partial charge >= 0.3 is 0 Å². The van der Waals surface area contributed by atoms with E-state index in [1.807, 2.05) is 22.7 Å². The summed E-state index contributed by atoms with van der Waals surface area (Å²) in [5.41, 5.74) is 0. The van der Waals surface area contributed by atoms with Crippen molar-refractivity contribution in [3.63, 3.8) is 0 Å². The lowest BCUT2D eigenvalue weighted by atomic mass is 10.1. The molecule has 1 aromatic rings. The molecule has 104 valence electrons. The van der Waals surface area contributed by atoms with E-state index >= 15 is 0 Å². The number of nitrogens with zero attached hydrogens (tertiary/aromatic N) is 3. The third kappa shape index (κ3) is 3.21. The maximum absolute atomic E-state index is 12.2. The van der Waals surface area contributed by atoms with Gasteiger partial charge in [0, 0.05) is 39.1 Å². The number of hydrogen-bond donors (Lipinski definition) is 1. The van der Waals surface area contributed by atoms with Crippen molar-refractivity contribution in [1.29, 1.82) is 0 Å². The predicted octanol–water partition coefficient (Wildman–Crippen LogP) is 0.0956. The molecule has 6 nitrogen and oxygen atoms in total. The van der Waals surface area contributed by atoms with E-state index in [0.717, 1.165) is 18.9 Å². The minimum atomic E-state index is -0.0337. The van der Waals surface area contributed by atoms with E-state index in [4.69, 9.17) is 4.74 Å². The van der Waals surface area contributed by atoms with Gasteiger partial charge in [-0.25, -0.2) is 4.98 Å². The van der Waals surface area contributed by atoms with Crippen LogP contribution < -0.4 is 5.32 Å². The molecule has 2 rings (SSSR count). The Hall–Kier alpha value is -1.66. The first-order chi connectivity index (χ1) is 9.24. The number of amides is 1. The third-order valence-corrected chi connectivity index (χ3v) is 3.18. The van der Waals surface area contributed by atoms with Gasteiger partial charge in [0.25, 0.3) is 0 Å². The van der Waals surface area contributed by atoms with Crippen molar-refractivity contribution in [3.05, 3.63) is 30.9 Å². The van der Waals surface area contributed by atoms with Crippen molar-refractivity contribution in [2.24, 2.45) is 7.05 Å². The quantitative estimate of drug-likeness (QED) is 0.605. The number of ether oxygens (including phenoxy) is 1. The number of hydrogen-bond acceptors (Lipinski definition) is 4. The van der Waals surface area contributed by atoms with Crippen LogP contribution >= 0.6 is 0 Å². The van der Waals surface area contributed by atoms with E-state index in [-0.39, 0.29) is 18.6 Å². The number of piperazine rings is 1. The van der Waals surface area contributed by atoms with Crippen LogP contribution in [0, 0.1) is 0 Å². The lowest BCUT2D eigenvalue weighted by Gasteiger charge is -2.35. The molecule has 1 atom stereocenters. The molecule has 0 aliphatic carbocycles. The van der Waals surface area contributed by atoms with Gasteiger partial charge < -0.3 is 19.5 Å². The van der Waals surface area contributed by atoms with E-state index in [1.54, 1.807) is 12.3 Å². The molecule has 1 aliphatic heterocycles. The topological polar surface area (TPSA) is 59.4 Å². The van der Waals surface area contributed by atoms with Gasteiger partial charge in [-0.15, -0.1) is 6.58 Å². The van der Waals surface area contributed by atoms with Gasteiger partial charge in [0.2, 0.25) is 5.91 Å². The van der Waals surface area contributed by atoms with E-state index in [0.29, 0.717) is 13.2 Å². The maximum Gasteiger partial charge on any atom is 0.249 e. The zero-order chi connectivity index (χ0) is 13.7. The third-order valence-electron chi connectivity index (χ3n) is 3.18. The lowest BCUT2D eigenvalue weighted by molar-refractivity contribution is -0.139. The number of rotatable bonds is 5. The van der Waals surface area contributed by atoms with Gasteiger partial charge in [-0.05, 0) is 0 Å². The summed E-state index contributed by atoms with van der Waals surface area (Å²) in [4.78, 5) is 18.4. The van der Waals surface area contributed by atoms with Gasteiger partial charge in [0.15, 0.2) is 0 Å². The van der Waals surface area contributed by atoms with Crippen LogP contribution in [0.3, 0.4) is 0 Å². The molecular weight excluding hydrogens is 244 g/mol. The Bertz CT molecular complexity index is 444. The summed E-state index contributed by atoms with van der Waals surface area (Å²) in [6.45, 7) is 6.24. The molecule has 0 spiro atoms. The predicted molar refractivity (Wildman–Crippen MR) is 71.5 cm³/mol. The first kappa shape index (κ1) is 13.8. The average molecular weight is 264 g/mol. The molecule has 19 heavy (non-hydrogen) atoms. The molecule has 1 N–H and O–H groups in total. The van der Waals surface area contributed by atoms with Crippen molar-refractivity contribution in [2.45, 2.75) is 6.04 Å². The summed E-state index contributed by atoms with van der Waals surface area (Å²) >= 11 is 0. The number of carbonyl (C=O) groups is 1.